The van der Waals surface area contributed by atoms with Crippen LogP contribution in [0.2, 0.25) is 0 Å². The molecule has 1 nitrogen and oxygen atoms in total. The molecule has 0 fully saturated rings. The minimum atomic E-state index is 0. The van der Waals surface area contributed by atoms with E-state index in [1.54, 1.807) is 0 Å². The summed E-state index contributed by atoms with van der Waals surface area (Å²) in [7, 11) is 0. The van der Waals surface area contributed by atoms with Crippen LogP contribution >= 0.6 is 41.0 Å². The van der Waals surface area contributed by atoms with Crippen molar-refractivity contribution < 1.29 is 0 Å². The van der Waals surface area contributed by atoms with E-state index in [1.807, 2.05) is 11.8 Å². The van der Waals surface area contributed by atoms with Crippen LogP contribution < -0.4 is 5.32 Å². The van der Waals surface area contributed by atoms with Crippen LogP contribution in [0.5, 0.6) is 0 Å². The van der Waals surface area contributed by atoms with Crippen molar-refractivity contribution in [2.75, 3.05) is 12.0 Å². The van der Waals surface area contributed by atoms with Gasteiger partial charge in [0.15, 0.2) is 0 Å². The minimum Gasteiger partial charge on any atom is -0.376 e. The molecule has 2 aromatic carbocycles. The lowest BCUT2D eigenvalue weighted by Crippen LogP contribution is -2.21. The van der Waals surface area contributed by atoms with E-state index >= 15 is 0 Å². The maximum atomic E-state index is 5.29. The van der Waals surface area contributed by atoms with E-state index in [9.17, 15) is 0 Å². The first-order chi connectivity index (χ1) is 8.79. The predicted molar refractivity (Wildman–Crippen MR) is 96.7 cm³/mol. The number of thiocarbonyl (C=S) groups is 1. The van der Waals surface area contributed by atoms with Gasteiger partial charge in [0.05, 0.1) is 4.99 Å². The number of hydrogen-bond acceptors (Lipinski definition) is 2. The first kappa shape index (κ1) is 16.5. The average Bonchev–Trinajstić information content (AvgIpc) is 2.42. The smallest absolute Gasteiger partial charge is 0.0764 e. The van der Waals surface area contributed by atoms with Gasteiger partial charge in [0.1, 0.15) is 0 Å². The molecule has 102 valence electrons. The molecule has 19 heavy (non-hydrogen) atoms. The summed E-state index contributed by atoms with van der Waals surface area (Å²) in [6.07, 6.45) is 3.07. The molecule has 0 aliphatic carbocycles. The van der Waals surface area contributed by atoms with Gasteiger partial charge in [-0.1, -0.05) is 48.6 Å². The molecule has 1 N–H and O–H groups in total. The van der Waals surface area contributed by atoms with Crippen molar-refractivity contribution in [2.45, 2.75) is 13.0 Å². The SMILES string of the molecule is Br.CSCCC(=S)NCc1ccc2ccccc2c1. The summed E-state index contributed by atoms with van der Waals surface area (Å²) in [6, 6.07) is 15.0. The van der Waals surface area contributed by atoms with E-state index in [0.717, 1.165) is 23.7 Å². The highest BCUT2D eigenvalue weighted by Crippen LogP contribution is 2.15. The highest BCUT2D eigenvalue weighted by atomic mass is 79.9. The summed E-state index contributed by atoms with van der Waals surface area (Å²) >= 11 is 7.12. The standard InChI is InChI=1S/C15H17NS2.BrH/c1-18-9-8-15(17)16-11-12-6-7-13-4-2-3-5-14(13)10-12;/h2-7,10H,8-9,11H2,1H3,(H,16,17);1H. The molecule has 0 spiro atoms. The van der Waals surface area contributed by atoms with Crippen LogP contribution in [0.4, 0.5) is 0 Å². The predicted octanol–water partition coefficient (Wildman–Crippen LogP) is 4.59. The van der Waals surface area contributed by atoms with Crippen LogP contribution in [0, 0.1) is 0 Å². The topological polar surface area (TPSA) is 12.0 Å². The molecule has 0 aromatic heterocycles. The first-order valence-corrected chi connectivity index (χ1v) is 7.83. The van der Waals surface area contributed by atoms with Gasteiger partial charge < -0.3 is 5.32 Å². The van der Waals surface area contributed by atoms with Crippen LogP contribution in [0.25, 0.3) is 10.8 Å². The first-order valence-electron chi connectivity index (χ1n) is 6.03. The molecule has 0 unspecified atom stereocenters. The zero-order valence-corrected chi connectivity index (χ0v) is 14.2. The number of hydrogen-bond donors (Lipinski definition) is 1. The summed E-state index contributed by atoms with van der Waals surface area (Å²) < 4.78 is 0. The fourth-order valence-corrected chi connectivity index (χ4v) is 2.54. The van der Waals surface area contributed by atoms with E-state index in [4.69, 9.17) is 12.2 Å². The molecule has 0 saturated heterocycles. The number of fused-ring (bicyclic) bond motifs is 1. The van der Waals surface area contributed by atoms with Crippen molar-refractivity contribution in [3.63, 3.8) is 0 Å². The molecule has 0 aliphatic heterocycles. The Bertz CT molecular complexity index is 542. The molecular weight excluding hydrogens is 338 g/mol. The van der Waals surface area contributed by atoms with Gasteiger partial charge >= 0.3 is 0 Å². The van der Waals surface area contributed by atoms with Crippen molar-refractivity contribution in [1.29, 1.82) is 0 Å². The Labute approximate surface area is 134 Å². The van der Waals surface area contributed by atoms with E-state index in [2.05, 4.69) is 54.0 Å². The number of rotatable bonds is 5. The second-order valence-corrected chi connectivity index (χ2v) is 5.68. The second kappa shape index (κ2) is 8.56. The number of thioether (sulfide) groups is 1. The van der Waals surface area contributed by atoms with Crippen LogP contribution in [-0.4, -0.2) is 17.0 Å². The summed E-state index contributed by atoms with van der Waals surface area (Å²) in [4.78, 5) is 0.956. The fraction of sp³-hybridized carbons (Fsp3) is 0.267. The van der Waals surface area contributed by atoms with E-state index in [0.29, 0.717) is 0 Å². The van der Waals surface area contributed by atoms with Gasteiger partial charge in [-0.05, 0) is 34.4 Å². The van der Waals surface area contributed by atoms with E-state index in [-0.39, 0.29) is 17.0 Å². The van der Waals surface area contributed by atoms with Crippen molar-refractivity contribution in [3.05, 3.63) is 48.0 Å². The summed E-state index contributed by atoms with van der Waals surface area (Å²) in [5, 5.41) is 5.88. The van der Waals surface area contributed by atoms with Gasteiger partial charge in [-0.25, -0.2) is 0 Å². The minimum absolute atomic E-state index is 0. The van der Waals surface area contributed by atoms with Crippen molar-refractivity contribution in [1.82, 2.24) is 5.32 Å². The van der Waals surface area contributed by atoms with E-state index in [1.165, 1.54) is 16.3 Å². The van der Waals surface area contributed by atoms with Crippen LogP contribution in [0.1, 0.15) is 12.0 Å². The third kappa shape index (κ3) is 5.13. The summed E-state index contributed by atoms with van der Waals surface area (Å²) in [6.45, 7) is 0.818. The fourth-order valence-electron chi connectivity index (χ4n) is 1.83. The third-order valence-corrected chi connectivity index (χ3v) is 3.80. The Morgan fingerprint density at radius 1 is 1.16 bits per heavy atom. The molecule has 0 radical (unpaired) electrons. The highest BCUT2D eigenvalue weighted by molar-refractivity contribution is 8.93. The third-order valence-electron chi connectivity index (χ3n) is 2.84. The number of halogens is 1. The average molecular weight is 356 g/mol. The molecule has 4 heteroatoms. The van der Waals surface area contributed by atoms with Gasteiger partial charge in [-0.2, -0.15) is 11.8 Å². The van der Waals surface area contributed by atoms with Gasteiger partial charge in [0.25, 0.3) is 0 Å². The normalized spacial score (nSPS) is 9.95. The van der Waals surface area contributed by atoms with Gasteiger partial charge in [0, 0.05) is 13.0 Å². The van der Waals surface area contributed by atoms with Gasteiger partial charge in [0.2, 0.25) is 0 Å². The lowest BCUT2D eigenvalue weighted by molar-refractivity contribution is 0.911. The maximum absolute atomic E-state index is 5.29. The Morgan fingerprint density at radius 2 is 1.89 bits per heavy atom. The summed E-state index contributed by atoms with van der Waals surface area (Å²) in [5.41, 5.74) is 1.28. The van der Waals surface area contributed by atoms with Crippen LogP contribution in [0.15, 0.2) is 42.5 Å². The van der Waals surface area contributed by atoms with Crippen molar-refractivity contribution in [3.8, 4) is 0 Å². The second-order valence-electron chi connectivity index (χ2n) is 4.20. The van der Waals surface area contributed by atoms with Crippen LogP contribution in [0.3, 0.4) is 0 Å². The largest absolute Gasteiger partial charge is 0.376 e. The van der Waals surface area contributed by atoms with Gasteiger partial charge in [-0.3, -0.25) is 0 Å². The molecule has 2 aromatic rings. The van der Waals surface area contributed by atoms with Crippen molar-refractivity contribution >= 4 is 56.7 Å². The highest BCUT2D eigenvalue weighted by Gasteiger charge is 1.98. The number of nitrogens with one attached hydrogen (secondary N) is 1. The number of benzene rings is 2. The van der Waals surface area contributed by atoms with Crippen LogP contribution in [-0.2, 0) is 6.54 Å². The van der Waals surface area contributed by atoms with Crippen molar-refractivity contribution in [2.24, 2.45) is 0 Å². The lowest BCUT2D eigenvalue weighted by atomic mass is 10.1. The van der Waals surface area contributed by atoms with E-state index < -0.39 is 0 Å². The Morgan fingerprint density at radius 3 is 2.63 bits per heavy atom. The molecule has 0 amide bonds. The molecule has 2 rings (SSSR count). The lowest BCUT2D eigenvalue weighted by Gasteiger charge is -2.08. The maximum Gasteiger partial charge on any atom is 0.0764 e. The molecule has 0 aliphatic rings. The molecule has 0 bridgehead atoms. The quantitative estimate of drug-likeness (QED) is 0.787. The Hall–Kier alpha value is -0.580. The Kier molecular flexibility index (Phi) is 7.42. The van der Waals surface area contributed by atoms with Gasteiger partial charge in [-0.15, -0.1) is 17.0 Å². The summed E-state index contributed by atoms with van der Waals surface area (Å²) in [5.74, 6) is 1.09. The zero-order valence-electron chi connectivity index (χ0n) is 10.9. The molecular formula is C15H18BrNS2. The monoisotopic (exact) mass is 355 g/mol. The molecule has 0 atom stereocenters. The zero-order chi connectivity index (χ0) is 12.8. The molecule has 0 saturated carbocycles. The molecule has 0 heterocycles. The Balaban J connectivity index is 0.00000180.